The van der Waals surface area contributed by atoms with Crippen LogP contribution in [0, 0.1) is 0 Å². The Bertz CT molecular complexity index is 541. The topological polar surface area (TPSA) is 76.8 Å². The number of ether oxygens (including phenoxy) is 2. The normalized spacial score (nSPS) is 18.7. The largest absolute Gasteiger partial charge is 0.433 e. The van der Waals surface area contributed by atoms with Gasteiger partial charge in [-0.3, -0.25) is 4.79 Å². The maximum absolute atomic E-state index is 12.5. The van der Waals surface area contributed by atoms with Crippen molar-refractivity contribution in [1.82, 2.24) is 5.32 Å². The van der Waals surface area contributed by atoms with Gasteiger partial charge in [-0.15, -0.1) is 0 Å². The van der Waals surface area contributed by atoms with Crippen LogP contribution in [0.1, 0.15) is 12.8 Å². The van der Waals surface area contributed by atoms with E-state index >= 15 is 0 Å². The van der Waals surface area contributed by atoms with Crippen molar-refractivity contribution in [2.45, 2.75) is 31.6 Å². The second-order valence-electron chi connectivity index (χ2n) is 5.64. The van der Waals surface area contributed by atoms with Crippen molar-refractivity contribution in [3.63, 3.8) is 0 Å². The van der Waals surface area contributed by atoms with E-state index in [1.54, 1.807) is 18.2 Å². The highest BCUT2D eigenvalue weighted by Crippen LogP contribution is 2.31. The van der Waals surface area contributed by atoms with Crippen molar-refractivity contribution in [3.05, 3.63) is 24.3 Å². The molecule has 134 valence electrons. The fraction of sp³-hybridized carbons (Fsp3) is 0.562. The highest BCUT2D eigenvalue weighted by atomic mass is 19.3. The zero-order chi connectivity index (χ0) is 17.5. The third-order valence-corrected chi connectivity index (χ3v) is 3.98. The minimum absolute atomic E-state index is 0.0487. The molecule has 0 radical (unpaired) electrons. The molecule has 0 saturated carbocycles. The summed E-state index contributed by atoms with van der Waals surface area (Å²) in [5.74, 6) is 0.0123. The van der Waals surface area contributed by atoms with Crippen molar-refractivity contribution in [2.24, 2.45) is 5.73 Å². The smallest absolute Gasteiger partial charge is 0.387 e. The highest BCUT2D eigenvalue weighted by Gasteiger charge is 2.27. The molecular weight excluding hydrogens is 320 g/mol. The molecular formula is C16H23F2N3O3. The molecule has 8 heteroatoms. The summed E-state index contributed by atoms with van der Waals surface area (Å²) in [7, 11) is 1.52. The summed E-state index contributed by atoms with van der Waals surface area (Å²) in [5.41, 5.74) is 6.11. The number of halogens is 2. The number of carbonyl (C=O) groups is 1. The van der Waals surface area contributed by atoms with E-state index in [0.29, 0.717) is 18.8 Å². The molecule has 0 aliphatic carbocycles. The molecule has 2 rings (SSSR count). The number of hydrogen-bond acceptors (Lipinski definition) is 5. The molecule has 0 bridgehead atoms. The van der Waals surface area contributed by atoms with Gasteiger partial charge in [-0.2, -0.15) is 8.78 Å². The second kappa shape index (κ2) is 8.79. The van der Waals surface area contributed by atoms with Crippen molar-refractivity contribution >= 4 is 11.6 Å². The molecule has 1 aromatic rings. The predicted octanol–water partition coefficient (Wildman–Crippen LogP) is 1.35. The first-order valence-electron chi connectivity index (χ1n) is 7.84. The number of hydrogen-bond donors (Lipinski definition) is 2. The number of nitrogens with two attached hydrogens (primary N) is 1. The first-order valence-corrected chi connectivity index (χ1v) is 7.84. The van der Waals surface area contributed by atoms with Gasteiger partial charge in [0.2, 0.25) is 5.91 Å². The molecule has 1 aromatic carbocycles. The van der Waals surface area contributed by atoms with Gasteiger partial charge in [0.1, 0.15) is 5.75 Å². The zero-order valence-corrected chi connectivity index (χ0v) is 13.6. The number of benzene rings is 1. The summed E-state index contributed by atoms with van der Waals surface area (Å²) >= 11 is 0. The molecule has 0 aromatic heterocycles. The van der Waals surface area contributed by atoms with Crippen LogP contribution in [0.25, 0.3) is 0 Å². The van der Waals surface area contributed by atoms with E-state index in [-0.39, 0.29) is 36.8 Å². The summed E-state index contributed by atoms with van der Waals surface area (Å²) in [6.07, 6.45) is 0.631. The quantitative estimate of drug-likeness (QED) is 0.745. The van der Waals surface area contributed by atoms with Crippen molar-refractivity contribution < 1.29 is 23.0 Å². The first-order chi connectivity index (χ1) is 11.5. The van der Waals surface area contributed by atoms with Crippen LogP contribution < -0.4 is 20.7 Å². The lowest BCUT2D eigenvalue weighted by Gasteiger charge is -2.22. The van der Waals surface area contributed by atoms with Crippen LogP contribution in [-0.4, -0.2) is 51.4 Å². The van der Waals surface area contributed by atoms with Gasteiger partial charge >= 0.3 is 6.61 Å². The van der Waals surface area contributed by atoms with Gasteiger partial charge in [-0.05, 0) is 18.6 Å². The number of nitrogens with zero attached hydrogens (tertiary/aromatic N) is 1. The summed E-state index contributed by atoms with van der Waals surface area (Å²) in [5, 5.41) is 2.93. The van der Waals surface area contributed by atoms with Crippen LogP contribution in [0.3, 0.4) is 0 Å². The van der Waals surface area contributed by atoms with Gasteiger partial charge in [-0.25, -0.2) is 0 Å². The summed E-state index contributed by atoms with van der Waals surface area (Å²) in [6.45, 7) is -1.40. The Balaban J connectivity index is 1.92. The zero-order valence-electron chi connectivity index (χ0n) is 13.6. The fourth-order valence-electron chi connectivity index (χ4n) is 2.77. The van der Waals surface area contributed by atoms with E-state index in [4.69, 9.17) is 10.5 Å². The second-order valence-corrected chi connectivity index (χ2v) is 5.64. The van der Waals surface area contributed by atoms with E-state index in [1.807, 2.05) is 4.90 Å². The van der Waals surface area contributed by atoms with Crippen LogP contribution >= 0.6 is 0 Å². The van der Waals surface area contributed by atoms with Crippen molar-refractivity contribution in [3.8, 4) is 5.75 Å². The highest BCUT2D eigenvalue weighted by molar-refractivity contribution is 5.77. The standard InChI is InChI=1S/C16H23F2N3O3/c1-23-12(9-19)8-15(22)20-11-6-7-21(10-11)13-4-2-3-5-14(13)24-16(17)18/h2-5,11-12,16H,6-10,19H2,1H3,(H,20,22). The molecule has 1 aliphatic heterocycles. The lowest BCUT2D eigenvalue weighted by atomic mass is 10.2. The van der Waals surface area contributed by atoms with Crippen LogP contribution in [0.2, 0.25) is 0 Å². The molecule has 2 unspecified atom stereocenters. The maximum Gasteiger partial charge on any atom is 0.387 e. The van der Waals surface area contributed by atoms with Crippen LogP contribution in [0.4, 0.5) is 14.5 Å². The minimum atomic E-state index is -2.87. The first kappa shape index (κ1) is 18.4. The van der Waals surface area contributed by atoms with Crippen LogP contribution in [-0.2, 0) is 9.53 Å². The third kappa shape index (κ3) is 5.04. The molecule has 2 atom stereocenters. The van der Waals surface area contributed by atoms with Crippen LogP contribution in [0.5, 0.6) is 5.75 Å². The van der Waals surface area contributed by atoms with Gasteiger partial charge in [0, 0.05) is 32.8 Å². The van der Waals surface area contributed by atoms with Gasteiger partial charge < -0.3 is 25.4 Å². The van der Waals surface area contributed by atoms with Crippen molar-refractivity contribution in [2.75, 3.05) is 31.6 Å². The molecule has 6 nitrogen and oxygen atoms in total. The van der Waals surface area contributed by atoms with Gasteiger partial charge in [-0.1, -0.05) is 12.1 Å². The fourth-order valence-corrected chi connectivity index (χ4v) is 2.77. The number of alkyl halides is 2. The number of nitrogens with one attached hydrogen (secondary N) is 1. The minimum Gasteiger partial charge on any atom is -0.433 e. The van der Waals surface area contributed by atoms with Crippen molar-refractivity contribution in [1.29, 1.82) is 0 Å². The van der Waals surface area contributed by atoms with E-state index in [0.717, 1.165) is 6.42 Å². The number of anilines is 1. The van der Waals surface area contributed by atoms with E-state index in [1.165, 1.54) is 13.2 Å². The molecule has 24 heavy (non-hydrogen) atoms. The molecule has 1 aliphatic rings. The molecule has 1 fully saturated rings. The summed E-state index contributed by atoms with van der Waals surface area (Å²) < 4.78 is 34.7. The summed E-state index contributed by atoms with van der Waals surface area (Å²) in [6, 6.07) is 6.61. The Morgan fingerprint density at radius 2 is 2.21 bits per heavy atom. The number of amides is 1. The number of carbonyl (C=O) groups excluding carboxylic acids is 1. The Morgan fingerprint density at radius 3 is 2.88 bits per heavy atom. The average molecular weight is 343 g/mol. The van der Waals surface area contributed by atoms with E-state index in [2.05, 4.69) is 10.1 Å². The van der Waals surface area contributed by atoms with Gasteiger partial charge in [0.05, 0.1) is 18.2 Å². The Hall–Kier alpha value is -1.93. The lowest BCUT2D eigenvalue weighted by Crippen LogP contribution is -2.40. The lowest BCUT2D eigenvalue weighted by molar-refractivity contribution is -0.123. The van der Waals surface area contributed by atoms with Gasteiger partial charge in [0.15, 0.2) is 0 Å². The van der Waals surface area contributed by atoms with E-state index < -0.39 is 6.61 Å². The van der Waals surface area contributed by atoms with Gasteiger partial charge in [0.25, 0.3) is 0 Å². The third-order valence-electron chi connectivity index (χ3n) is 3.98. The molecule has 3 N–H and O–H groups in total. The Labute approximate surface area is 139 Å². The molecule has 1 amide bonds. The molecule has 1 heterocycles. The van der Waals surface area contributed by atoms with E-state index in [9.17, 15) is 13.6 Å². The summed E-state index contributed by atoms with van der Waals surface area (Å²) in [4.78, 5) is 13.9. The average Bonchev–Trinajstić information content (AvgIpc) is 3.00. The molecule has 1 saturated heterocycles. The maximum atomic E-state index is 12.5. The molecule has 0 spiro atoms. The van der Waals surface area contributed by atoms with Crippen LogP contribution in [0.15, 0.2) is 24.3 Å². The Kier molecular flexibility index (Phi) is 6.74. The monoisotopic (exact) mass is 343 g/mol. The predicted molar refractivity (Wildman–Crippen MR) is 86.3 cm³/mol. The number of methoxy groups -OCH3 is 1. The number of rotatable bonds is 8. The Morgan fingerprint density at radius 1 is 1.46 bits per heavy atom. The SMILES string of the molecule is COC(CN)CC(=O)NC1CCN(c2ccccc2OC(F)F)C1. The number of para-hydroxylation sites is 2.